The Kier molecular flexibility index (Phi) is 6.93. The molecule has 0 aromatic carbocycles. The molecular weight excluding hydrogens is 224 g/mol. The minimum atomic E-state index is -0.637. The van der Waals surface area contributed by atoms with Crippen molar-refractivity contribution in [1.82, 2.24) is 10.6 Å². The van der Waals surface area contributed by atoms with Crippen LogP contribution in [0.25, 0.3) is 0 Å². The van der Waals surface area contributed by atoms with Gasteiger partial charge in [-0.2, -0.15) is 0 Å². The van der Waals surface area contributed by atoms with Gasteiger partial charge >= 0.3 is 5.97 Å². The molecule has 0 bridgehead atoms. The van der Waals surface area contributed by atoms with Crippen molar-refractivity contribution < 1.29 is 19.1 Å². The van der Waals surface area contributed by atoms with Gasteiger partial charge in [-0.3, -0.25) is 14.4 Å². The third kappa shape index (κ3) is 6.55. The first-order valence-corrected chi connectivity index (χ1v) is 5.58. The molecule has 0 spiro atoms. The highest BCUT2D eigenvalue weighted by Crippen LogP contribution is 2.01. The average molecular weight is 244 g/mol. The summed E-state index contributed by atoms with van der Waals surface area (Å²) in [5.74, 6) is -1.22. The number of ether oxygens (including phenoxy) is 1. The zero-order valence-electron chi connectivity index (χ0n) is 10.7. The summed E-state index contributed by atoms with van der Waals surface area (Å²) in [6.07, 6.45) is 0. The summed E-state index contributed by atoms with van der Waals surface area (Å²) in [5, 5.41) is 4.96. The van der Waals surface area contributed by atoms with Crippen LogP contribution in [0, 0.1) is 5.92 Å². The van der Waals surface area contributed by atoms with Crippen LogP contribution in [0.1, 0.15) is 27.7 Å². The van der Waals surface area contributed by atoms with E-state index in [-0.39, 0.29) is 30.9 Å². The first-order chi connectivity index (χ1) is 7.88. The minimum absolute atomic E-state index is 0.0545. The van der Waals surface area contributed by atoms with Crippen LogP contribution < -0.4 is 10.6 Å². The molecule has 2 amide bonds. The fourth-order valence-corrected chi connectivity index (χ4v) is 1.24. The predicted octanol–water partition coefficient (Wildman–Crippen LogP) is -0.174. The van der Waals surface area contributed by atoms with Gasteiger partial charge in [-0.25, -0.2) is 0 Å². The molecule has 0 aliphatic heterocycles. The SMILES string of the molecule is CCOC(=O)CNC(=O)[C@@H](NC(C)=O)C(C)C. The Hall–Kier alpha value is -1.59. The lowest BCUT2D eigenvalue weighted by molar-refractivity contribution is -0.143. The number of rotatable bonds is 6. The van der Waals surface area contributed by atoms with Crippen LogP contribution in [-0.4, -0.2) is 37.0 Å². The van der Waals surface area contributed by atoms with Crippen molar-refractivity contribution in [2.45, 2.75) is 33.7 Å². The summed E-state index contributed by atoms with van der Waals surface area (Å²) in [7, 11) is 0. The number of carbonyl (C=O) groups is 3. The van der Waals surface area contributed by atoms with E-state index in [2.05, 4.69) is 15.4 Å². The quantitative estimate of drug-likeness (QED) is 0.635. The van der Waals surface area contributed by atoms with Crippen molar-refractivity contribution in [2.24, 2.45) is 5.92 Å². The number of carbonyl (C=O) groups excluding carboxylic acids is 3. The molecule has 2 N–H and O–H groups in total. The summed E-state index contributed by atoms with van der Waals surface area (Å²) in [5.41, 5.74) is 0. The summed E-state index contributed by atoms with van der Waals surface area (Å²) >= 11 is 0. The van der Waals surface area contributed by atoms with Crippen molar-refractivity contribution in [1.29, 1.82) is 0 Å². The lowest BCUT2D eigenvalue weighted by atomic mass is 10.0. The van der Waals surface area contributed by atoms with Gasteiger partial charge in [0, 0.05) is 6.92 Å². The maximum absolute atomic E-state index is 11.7. The zero-order valence-corrected chi connectivity index (χ0v) is 10.7. The molecule has 0 fully saturated rings. The Morgan fingerprint density at radius 1 is 1.24 bits per heavy atom. The Labute approximate surface area is 101 Å². The molecule has 0 saturated heterocycles. The van der Waals surface area contributed by atoms with Crippen molar-refractivity contribution >= 4 is 17.8 Å². The van der Waals surface area contributed by atoms with Crippen LogP contribution in [0.15, 0.2) is 0 Å². The largest absolute Gasteiger partial charge is 0.465 e. The van der Waals surface area contributed by atoms with Gasteiger partial charge in [0.25, 0.3) is 0 Å². The van der Waals surface area contributed by atoms with Crippen LogP contribution in [0.2, 0.25) is 0 Å². The average Bonchev–Trinajstić information content (AvgIpc) is 2.22. The Bertz CT molecular complexity index is 289. The first kappa shape index (κ1) is 15.4. The molecule has 0 aliphatic carbocycles. The van der Waals surface area contributed by atoms with Crippen LogP contribution in [0.4, 0.5) is 0 Å². The number of hydrogen-bond acceptors (Lipinski definition) is 4. The molecule has 0 radical (unpaired) electrons. The Balaban J connectivity index is 4.24. The van der Waals surface area contributed by atoms with Crippen molar-refractivity contribution in [2.75, 3.05) is 13.2 Å². The van der Waals surface area contributed by atoms with E-state index in [9.17, 15) is 14.4 Å². The fraction of sp³-hybridized carbons (Fsp3) is 0.727. The lowest BCUT2D eigenvalue weighted by Crippen LogP contribution is -2.50. The standard InChI is InChI=1S/C11H20N2O4/c1-5-17-9(15)6-12-11(16)10(7(2)3)13-8(4)14/h7,10H,5-6H2,1-4H3,(H,12,16)(H,13,14)/t10-/m0/s1. The van der Waals surface area contributed by atoms with Gasteiger partial charge in [0.15, 0.2) is 0 Å². The third-order valence-corrected chi connectivity index (χ3v) is 2.02. The third-order valence-electron chi connectivity index (χ3n) is 2.02. The van der Waals surface area contributed by atoms with Crippen LogP contribution in [0.3, 0.4) is 0 Å². The Morgan fingerprint density at radius 2 is 1.82 bits per heavy atom. The molecule has 0 rings (SSSR count). The molecule has 0 saturated carbocycles. The first-order valence-electron chi connectivity index (χ1n) is 5.58. The molecule has 0 aromatic rings. The summed E-state index contributed by atoms with van der Waals surface area (Å²) in [6, 6.07) is -0.637. The molecule has 17 heavy (non-hydrogen) atoms. The van der Waals surface area contributed by atoms with E-state index in [1.807, 2.05) is 13.8 Å². The highest BCUT2D eigenvalue weighted by Gasteiger charge is 2.23. The van der Waals surface area contributed by atoms with E-state index in [1.54, 1.807) is 6.92 Å². The minimum Gasteiger partial charge on any atom is -0.465 e. The molecule has 0 aliphatic rings. The number of amides is 2. The van der Waals surface area contributed by atoms with Gasteiger partial charge < -0.3 is 15.4 Å². The van der Waals surface area contributed by atoms with Gasteiger partial charge in [0.2, 0.25) is 11.8 Å². The van der Waals surface area contributed by atoms with E-state index >= 15 is 0 Å². The van der Waals surface area contributed by atoms with E-state index in [1.165, 1.54) is 6.92 Å². The fourth-order valence-electron chi connectivity index (χ4n) is 1.24. The van der Waals surface area contributed by atoms with E-state index < -0.39 is 12.0 Å². The smallest absolute Gasteiger partial charge is 0.325 e. The van der Waals surface area contributed by atoms with Crippen molar-refractivity contribution in [3.8, 4) is 0 Å². The highest BCUT2D eigenvalue weighted by atomic mass is 16.5. The molecule has 6 heteroatoms. The van der Waals surface area contributed by atoms with Crippen molar-refractivity contribution in [3.05, 3.63) is 0 Å². The van der Waals surface area contributed by atoms with Crippen molar-refractivity contribution in [3.63, 3.8) is 0 Å². The highest BCUT2D eigenvalue weighted by molar-refractivity contribution is 5.89. The van der Waals surface area contributed by atoms with Gasteiger partial charge in [0.05, 0.1) is 6.61 Å². The molecule has 6 nitrogen and oxygen atoms in total. The lowest BCUT2D eigenvalue weighted by Gasteiger charge is -2.20. The number of hydrogen-bond donors (Lipinski definition) is 2. The van der Waals surface area contributed by atoms with E-state index in [0.29, 0.717) is 0 Å². The number of nitrogens with one attached hydrogen (secondary N) is 2. The molecular formula is C11H20N2O4. The molecule has 0 heterocycles. The summed E-state index contributed by atoms with van der Waals surface area (Å²) < 4.78 is 4.67. The van der Waals surface area contributed by atoms with Gasteiger partial charge in [-0.1, -0.05) is 13.8 Å². The van der Waals surface area contributed by atoms with Gasteiger partial charge in [-0.15, -0.1) is 0 Å². The maximum atomic E-state index is 11.7. The van der Waals surface area contributed by atoms with E-state index in [4.69, 9.17) is 0 Å². The molecule has 0 unspecified atom stereocenters. The van der Waals surface area contributed by atoms with Gasteiger partial charge in [0.1, 0.15) is 12.6 Å². The van der Waals surface area contributed by atoms with Crippen LogP contribution >= 0.6 is 0 Å². The molecule has 0 aromatic heterocycles. The maximum Gasteiger partial charge on any atom is 0.325 e. The Morgan fingerprint density at radius 3 is 2.24 bits per heavy atom. The second-order valence-electron chi connectivity index (χ2n) is 3.95. The topological polar surface area (TPSA) is 84.5 Å². The van der Waals surface area contributed by atoms with Crippen LogP contribution in [-0.2, 0) is 19.1 Å². The normalized spacial score (nSPS) is 11.8. The monoisotopic (exact) mass is 244 g/mol. The molecule has 98 valence electrons. The summed E-state index contributed by atoms with van der Waals surface area (Å²) in [4.78, 5) is 33.7. The predicted molar refractivity (Wildman–Crippen MR) is 62.1 cm³/mol. The molecule has 1 atom stereocenters. The zero-order chi connectivity index (χ0) is 13.4. The second kappa shape index (κ2) is 7.65. The second-order valence-corrected chi connectivity index (χ2v) is 3.95. The van der Waals surface area contributed by atoms with E-state index in [0.717, 1.165) is 0 Å². The number of esters is 1. The summed E-state index contributed by atoms with van der Waals surface area (Å²) in [6.45, 7) is 6.74. The van der Waals surface area contributed by atoms with Crippen LogP contribution in [0.5, 0.6) is 0 Å². The van der Waals surface area contributed by atoms with Gasteiger partial charge in [-0.05, 0) is 12.8 Å².